The molecule has 1 N–H and O–H groups in total. The minimum atomic E-state index is -3.42. The summed E-state index contributed by atoms with van der Waals surface area (Å²) in [6, 6.07) is 7.54. The van der Waals surface area contributed by atoms with Crippen LogP contribution in [-0.4, -0.2) is 50.6 Å². The summed E-state index contributed by atoms with van der Waals surface area (Å²) in [7, 11) is -3.42. The van der Waals surface area contributed by atoms with Gasteiger partial charge in [0.1, 0.15) is 0 Å². The molecule has 1 heterocycles. The number of carbonyl (C=O) groups excluding carboxylic acids is 1. The lowest BCUT2D eigenvalue weighted by Crippen LogP contribution is -2.42. The summed E-state index contributed by atoms with van der Waals surface area (Å²) in [5.41, 5.74) is 1.85. The van der Waals surface area contributed by atoms with Gasteiger partial charge < -0.3 is 10.2 Å². The Kier molecular flexibility index (Phi) is 6.84. The third-order valence-electron chi connectivity index (χ3n) is 4.68. The molecule has 1 atom stereocenters. The number of hydrogen-bond donors (Lipinski definition) is 1. The summed E-state index contributed by atoms with van der Waals surface area (Å²) >= 11 is 0. The van der Waals surface area contributed by atoms with Crippen LogP contribution in [0.2, 0.25) is 0 Å². The Bertz CT molecular complexity index is 667. The molecule has 0 spiro atoms. The minimum absolute atomic E-state index is 0.165. The van der Waals surface area contributed by atoms with Gasteiger partial charge in [-0.2, -0.15) is 4.31 Å². The van der Waals surface area contributed by atoms with Gasteiger partial charge in [0.25, 0.3) is 0 Å². The van der Waals surface area contributed by atoms with Crippen LogP contribution in [0.5, 0.6) is 0 Å². The first kappa shape index (κ1) is 19.7. The molecule has 25 heavy (non-hydrogen) atoms. The molecule has 140 valence electrons. The first-order valence-electron chi connectivity index (χ1n) is 8.93. The molecule has 0 radical (unpaired) electrons. The van der Waals surface area contributed by atoms with E-state index in [1.807, 2.05) is 38.1 Å². The Morgan fingerprint density at radius 3 is 2.32 bits per heavy atom. The second-order valence-corrected chi connectivity index (χ2v) is 8.64. The summed E-state index contributed by atoms with van der Waals surface area (Å²) in [5.74, 6) is -0.323. The summed E-state index contributed by atoms with van der Waals surface area (Å²) in [6.07, 6.45) is 5.52. The fraction of sp³-hybridized carbons (Fsp3) is 0.611. The van der Waals surface area contributed by atoms with Crippen LogP contribution in [-0.2, 0) is 14.8 Å². The number of amides is 1. The number of anilines is 2. The molecule has 1 aromatic rings. The second kappa shape index (κ2) is 8.67. The molecule has 6 nitrogen and oxygen atoms in total. The van der Waals surface area contributed by atoms with Crippen LogP contribution in [0.25, 0.3) is 0 Å². The first-order valence-corrected chi connectivity index (χ1v) is 10.8. The number of hydrogen-bond acceptors (Lipinski definition) is 4. The van der Waals surface area contributed by atoms with E-state index in [0.29, 0.717) is 12.1 Å². The SMILES string of the molecule is CCC(C)N(CC(=O)Nc1ccc(N2CCCCC2)cc1)S(C)(=O)=O. The molecule has 2 rings (SSSR count). The fourth-order valence-corrected chi connectivity index (χ4v) is 4.21. The number of sulfonamides is 1. The third kappa shape index (κ3) is 5.71. The van der Waals surface area contributed by atoms with Crippen molar-refractivity contribution in [2.24, 2.45) is 0 Å². The number of benzene rings is 1. The molecular weight excluding hydrogens is 338 g/mol. The van der Waals surface area contributed by atoms with Crippen LogP contribution < -0.4 is 10.2 Å². The Hall–Kier alpha value is -1.60. The van der Waals surface area contributed by atoms with Crippen molar-refractivity contribution < 1.29 is 13.2 Å². The largest absolute Gasteiger partial charge is 0.372 e. The number of rotatable bonds is 7. The summed E-state index contributed by atoms with van der Waals surface area (Å²) in [5, 5.41) is 2.79. The van der Waals surface area contributed by atoms with Gasteiger partial charge in [-0.25, -0.2) is 8.42 Å². The highest BCUT2D eigenvalue weighted by molar-refractivity contribution is 7.88. The number of carbonyl (C=O) groups is 1. The Balaban J connectivity index is 1.97. The van der Waals surface area contributed by atoms with Crippen LogP contribution >= 0.6 is 0 Å². The predicted octanol–water partition coefficient (Wildman–Crippen LogP) is 2.68. The van der Waals surface area contributed by atoms with E-state index in [4.69, 9.17) is 0 Å². The maximum absolute atomic E-state index is 12.2. The Labute approximate surface area is 151 Å². The normalized spacial score (nSPS) is 16.7. The molecular formula is C18H29N3O3S. The molecule has 0 aromatic heterocycles. The first-order chi connectivity index (χ1) is 11.8. The van der Waals surface area contributed by atoms with Gasteiger partial charge in [-0.15, -0.1) is 0 Å². The van der Waals surface area contributed by atoms with Gasteiger partial charge in [0.2, 0.25) is 15.9 Å². The standard InChI is InChI=1S/C18H29N3O3S/c1-4-15(2)21(25(3,23)24)14-18(22)19-16-8-10-17(11-9-16)20-12-6-5-7-13-20/h8-11,15H,4-7,12-14H2,1-3H3,(H,19,22). The van der Waals surface area contributed by atoms with Gasteiger partial charge >= 0.3 is 0 Å². The van der Waals surface area contributed by atoms with Gasteiger partial charge in [0.05, 0.1) is 12.8 Å². The van der Waals surface area contributed by atoms with Crippen molar-refractivity contribution in [2.75, 3.05) is 36.1 Å². The van der Waals surface area contributed by atoms with Crippen LogP contribution in [0.4, 0.5) is 11.4 Å². The van der Waals surface area contributed by atoms with Crippen LogP contribution in [0.1, 0.15) is 39.5 Å². The molecule has 7 heteroatoms. The van der Waals surface area contributed by atoms with E-state index in [1.54, 1.807) is 0 Å². The molecule has 0 aliphatic carbocycles. The Morgan fingerprint density at radius 2 is 1.80 bits per heavy atom. The smallest absolute Gasteiger partial charge is 0.239 e. The second-order valence-electron chi connectivity index (χ2n) is 6.71. The van der Waals surface area contributed by atoms with Gasteiger partial charge in [-0.05, 0) is 56.9 Å². The molecule has 0 saturated carbocycles. The average molecular weight is 368 g/mol. The quantitative estimate of drug-likeness (QED) is 0.804. The molecule has 1 aromatic carbocycles. The van der Waals surface area contributed by atoms with Gasteiger partial charge in [-0.3, -0.25) is 4.79 Å². The average Bonchev–Trinajstić information content (AvgIpc) is 2.59. The zero-order chi connectivity index (χ0) is 18.4. The lowest BCUT2D eigenvalue weighted by atomic mass is 10.1. The summed E-state index contributed by atoms with van der Waals surface area (Å²) in [6.45, 7) is 5.69. The molecule has 1 aliphatic heterocycles. The lowest BCUT2D eigenvalue weighted by molar-refractivity contribution is -0.116. The topological polar surface area (TPSA) is 69.7 Å². The van der Waals surface area contributed by atoms with Crippen molar-refractivity contribution in [3.63, 3.8) is 0 Å². The molecule has 1 unspecified atom stereocenters. The predicted molar refractivity (Wildman–Crippen MR) is 102 cm³/mol. The monoisotopic (exact) mass is 367 g/mol. The van der Waals surface area contributed by atoms with Crippen molar-refractivity contribution in [2.45, 2.75) is 45.6 Å². The molecule has 1 fully saturated rings. The van der Waals surface area contributed by atoms with Crippen molar-refractivity contribution in [3.05, 3.63) is 24.3 Å². The summed E-state index contributed by atoms with van der Waals surface area (Å²) < 4.78 is 25.0. The zero-order valence-electron chi connectivity index (χ0n) is 15.4. The highest BCUT2D eigenvalue weighted by atomic mass is 32.2. The minimum Gasteiger partial charge on any atom is -0.372 e. The fourth-order valence-electron chi connectivity index (χ4n) is 3.05. The van der Waals surface area contributed by atoms with E-state index in [2.05, 4.69) is 10.2 Å². The van der Waals surface area contributed by atoms with E-state index in [9.17, 15) is 13.2 Å². The van der Waals surface area contributed by atoms with E-state index in [0.717, 1.165) is 25.0 Å². The third-order valence-corrected chi connectivity index (χ3v) is 6.02. The molecule has 1 aliphatic rings. The highest BCUT2D eigenvalue weighted by Gasteiger charge is 2.24. The van der Waals surface area contributed by atoms with Crippen LogP contribution in [0, 0.1) is 0 Å². The van der Waals surface area contributed by atoms with Crippen molar-refractivity contribution in [1.29, 1.82) is 0 Å². The van der Waals surface area contributed by atoms with Gasteiger partial charge in [0.15, 0.2) is 0 Å². The van der Waals surface area contributed by atoms with Crippen molar-refractivity contribution in [1.82, 2.24) is 4.31 Å². The van der Waals surface area contributed by atoms with Gasteiger partial charge in [-0.1, -0.05) is 6.92 Å². The van der Waals surface area contributed by atoms with Crippen molar-refractivity contribution >= 4 is 27.3 Å². The molecule has 1 amide bonds. The lowest BCUT2D eigenvalue weighted by Gasteiger charge is -2.29. The van der Waals surface area contributed by atoms with Crippen LogP contribution in [0.15, 0.2) is 24.3 Å². The summed E-state index contributed by atoms with van der Waals surface area (Å²) in [4.78, 5) is 14.6. The highest BCUT2D eigenvalue weighted by Crippen LogP contribution is 2.22. The van der Waals surface area contributed by atoms with E-state index < -0.39 is 10.0 Å². The van der Waals surface area contributed by atoms with E-state index in [1.165, 1.54) is 23.6 Å². The van der Waals surface area contributed by atoms with Crippen molar-refractivity contribution in [3.8, 4) is 0 Å². The number of nitrogens with zero attached hydrogens (tertiary/aromatic N) is 2. The molecule has 1 saturated heterocycles. The van der Waals surface area contributed by atoms with Gasteiger partial charge in [0, 0.05) is 30.5 Å². The molecule has 0 bridgehead atoms. The van der Waals surface area contributed by atoms with Crippen LogP contribution in [0.3, 0.4) is 0 Å². The number of piperidine rings is 1. The van der Waals surface area contributed by atoms with E-state index in [-0.39, 0.29) is 18.5 Å². The van der Waals surface area contributed by atoms with E-state index >= 15 is 0 Å². The maximum Gasteiger partial charge on any atom is 0.239 e. The maximum atomic E-state index is 12.2. The zero-order valence-corrected chi connectivity index (χ0v) is 16.2. The number of nitrogens with one attached hydrogen (secondary N) is 1. The Morgan fingerprint density at radius 1 is 1.20 bits per heavy atom.